The van der Waals surface area contributed by atoms with Crippen molar-refractivity contribution in [3.05, 3.63) is 23.5 Å². The Balaban J connectivity index is 2.96. The Labute approximate surface area is 70.6 Å². The fraction of sp³-hybridized carbons (Fsp3) is 0.143. The van der Waals surface area contributed by atoms with E-state index in [1.807, 2.05) is 0 Å². The lowest BCUT2D eigenvalue weighted by molar-refractivity contribution is -0.0885. The lowest BCUT2D eigenvalue weighted by Crippen LogP contribution is -2.22. The average Bonchev–Trinajstić information content (AvgIpc) is 2.48. The molecule has 1 aromatic rings. The first-order valence-electron chi connectivity index (χ1n) is 3.20. The highest BCUT2D eigenvalue weighted by Gasteiger charge is 2.39. The predicted octanol–water partition coefficient (Wildman–Crippen LogP) is 1.57. The molecule has 0 radical (unpaired) electrons. The molecule has 0 atom stereocenters. The number of ketones is 1. The zero-order chi connectivity index (χ0) is 10.1. The number of aldehydes is 1. The molecule has 0 bridgehead atoms. The van der Waals surface area contributed by atoms with Crippen molar-refractivity contribution in [2.75, 3.05) is 0 Å². The fourth-order valence-corrected chi connectivity index (χ4v) is 0.775. The molecule has 1 rings (SSSR count). The highest BCUT2D eigenvalue weighted by molar-refractivity contribution is 6.01. The summed E-state index contributed by atoms with van der Waals surface area (Å²) >= 11 is 0. The average molecular weight is 191 g/mol. The molecule has 0 aliphatic rings. The number of Topliss-reactive ketones (excluding diaryl/α,β-unsaturated/α-hetero) is 1. The standard InChI is InChI=1S/C7H4F3NO2/c8-7(9,10)6(13)4-1-5(3-12)11-2-4/h1-3,11H. The van der Waals surface area contributed by atoms with Crippen LogP contribution in [0.5, 0.6) is 0 Å². The number of H-pyrrole nitrogens is 1. The van der Waals surface area contributed by atoms with Crippen molar-refractivity contribution in [2.24, 2.45) is 0 Å². The second kappa shape index (κ2) is 3.04. The molecule has 3 nitrogen and oxygen atoms in total. The van der Waals surface area contributed by atoms with E-state index in [2.05, 4.69) is 4.98 Å². The Hall–Kier alpha value is -1.59. The maximum atomic E-state index is 11.8. The summed E-state index contributed by atoms with van der Waals surface area (Å²) in [5.41, 5.74) is -0.623. The summed E-state index contributed by atoms with van der Waals surface area (Å²) in [5, 5.41) is 0. The molecule has 0 spiro atoms. The first-order valence-corrected chi connectivity index (χ1v) is 3.20. The first kappa shape index (κ1) is 9.50. The minimum atomic E-state index is -4.90. The van der Waals surface area contributed by atoms with Gasteiger partial charge < -0.3 is 4.98 Å². The number of rotatable bonds is 2. The number of aromatic amines is 1. The molecular formula is C7H4F3NO2. The van der Waals surface area contributed by atoms with Gasteiger partial charge in [-0.15, -0.1) is 0 Å². The van der Waals surface area contributed by atoms with E-state index in [0.717, 1.165) is 12.3 Å². The van der Waals surface area contributed by atoms with Gasteiger partial charge in [0, 0.05) is 11.8 Å². The minimum Gasteiger partial charge on any atom is -0.358 e. The smallest absolute Gasteiger partial charge is 0.358 e. The Morgan fingerprint density at radius 2 is 2.08 bits per heavy atom. The van der Waals surface area contributed by atoms with E-state index in [1.165, 1.54) is 0 Å². The van der Waals surface area contributed by atoms with Crippen molar-refractivity contribution in [3.63, 3.8) is 0 Å². The van der Waals surface area contributed by atoms with Crippen LogP contribution in [0, 0.1) is 0 Å². The van der Waals surface area contributed by atoms with Gasteiger partial charge in [0.15, 0.2) is 6.29 Å². The topological polar surface area (TPSA) is 49.9 Å². The molecule has 1 aromatic heterocycles. The van der Waals surface area contributed by atoms with Gasteiger partial charge in [0.05, 0.1) is 5.69 Å². The van der Waals surface area contributed by atoms with Gasteiger partial charge in [0.2, 0.25) is 0 Å². The second-order valence-corrected chi connectivity index (χ2v) is 2.29. The number of carbonyl (C=O) groups excluding carboxylic acids is 2. The van der Waals surface area contributed by atoms with Crippen LogP contribution in [0.15, 0.2) is 12.3 Å². The molecule has 70 valence electrons. The number of hydrogen-bond donors (Lipinski definition) is 1. The highest BCUT2D eigenvalue weighted by atomic mass is 19.4. The monoisotopic (exact) mass is 191 g/mol. The molecule has 0 amide bonds. The summed E-state index contributed by atoms with van der Waals surface area (Å²) in [5.74, 6) is -1.96. The number of nitrogens with one attached hydrogen (secondary N) is 1. The van der Waals surface area contributed by atoms with Gasteiger partial charge in [0.1, 0.15) is 0 Å². The van der Waals surface area contributed by atoms with Gasteiger partial charge in [0.25, 0.3) is 5.78 Å². The van der Waals surface area contributed by atoms with Crippen LogP contribution in [-0.4, -0.2) is 23.2 Å². The van der Waals surface area contributed by atoms with Crippen molar-refractivity contribution in [2.45, 2.75) is 6.18 Å². The fourth-order valence-electron chi connectivity index (χ4n) is 0.775. The maximum absolute atomic E-state index is 11.8. The second-order valence-electron chi connectivity index (χ2n) is 2.29. The van der Waals surface area contributed by atoms with E-state index >= 15 is 0 Å². The van der Waals surface area contributed by atoms with E-state index < -0.39 is 17.5 Å². The molecule has 0 aliphatic heterocycles. The van der Waals surface area contributed by atoms with E-state index in [4.69, 9.17) is 0 Å². The highest BCUT2D eigenvalue weighted by Crippen LogP contribution is 2.21. The molecule has 0 saturated carbocycles. The van der Waals surface area contributed by atoms with Gasteiger partial charge in [-0.25, -0.2) is 0 Å². The van der Waals surface area contributed by atoms with Crippen LogP contribution < -0.4 is 0 Å². The molecule has 1 N–H and O–H groups in total. The van der Waals surface area contributed by atoms with Crippen molar-refractivity contribution < 1.29 is 22.8 Å². The van der Waals surface area contributed by atoms with Gasteiger partial charge in [-0.2, -0.15) is 13.2 Å². The molecule has 13 heavy (non-hydrogen) atoms. The predicted molar refractivity (Wildman–Crippen MR) is 36.6 cm³/mol. The molecule has 0 saturated heterocycles. The molecule has 0 aliphatic carbocycles. The summed E-state index contributed by atoms with van der Waals surface area (Å²) in [6.45, 7) is 0. The van der Waals surface area contributed by atoms with Crippen molar-refractivity contribution >= 4 is 12.1 Å². The largest absolute Gasteiger partial charge is 0.454 e. The Morgan fingerprint density at radius 3 is 2.46 bits per heavy atom. The summed E-state index contributed by atoms with van der Waals surface area (Å²) in [7, 11) is 0. The zero-order valence-corrected chi connectivity index (χ0v) is 6.18. The number of alkyl halides is 3. The molecule has 0 fully saturated rings. The van der Waals surface area contributed by atoms with Gasteiger partial charge in [-0.05, 0) is 6.07 Å². The zero-order valence-electron chi connectivity index (χ0n) is 6.18. The summed E-state index contributed by atoms with van der Waals surface area (Å²) in [6.07, 6.45) is -3.73. The number of carbonyl (C=O) groups is 2. The lowest BCUT2D eigenvalue weighted by Gasteiger charge is -2.00. The molecule has 0 unspecified atom stereocenters. The minimum absolute atomic E-state index is 0.0624. The van der Waals surface area contributed by atoms with Crippen LogP contribution in [0.2, 0.25) is 0 Å². The van der Waals surface area contributed by atoms with Crippen molar-refractivity contribution in [1.29, 1.82) is 0 Å². The van der Waals surface area contributed by atoms with Crippen molar-refractivity contribution in [1.82, 2.24) is 4.98 Å². The first-order chi connectivity index (χ1) is 5.95. The van der Waals surface area contributed by atoms with Crippen LogP contribution in [0.25, 0.3) is 0 Å². The Kier molecular flexibility index (Phi) is 2.22. The number of halogens is 3. The van der Waals surface area contributed by atoms with Gasteiger partial charge in [-0.1, -0.05) is 0 Å². The molecular weight excluding hydrogens is 187 g/mol. The van der Waals surface area contributed by atoms with Crippen molar-refractivity contribution in [3.8, 4) is 0 Å². The maximum Gasteiger partial charge on any atom is 0.454 e. The van der Waals surface area contributed by atoms with E-state index in [0.29, 0.717) is 6.29 Å². The van der Waals surface area contributed by atoms with Crippen LogP contribution in [0.3, 0.4) is 0 Å². The summed E-state index contributed by atoms with van der Waals surface area (Å²) in [6, 6.07) is 0.850. The number of aromatic nitrogens is 1. The van der Waals surface area contributed by atoms with E-state index in [9.17, 15) is 22.8 Å². The Morgan fingerprint density at radius 1 is 1.46 bits per heavy atom. The molecule has 6 heteroatoms. The molecule has 0 aromatic carbocycles. The SMILES string of the molecule is O=Cc1cc(C(=O)C(F)(F)F)c[nH]1. The van der Waals surface area contributed by atoms with Gasteiger partial charge in [-0.3, -0.25) is 9.59 Å². The number of hydrogen-bond acceptors (Lipinski definition) is 2. The van der Waals surface area contributed by atoms with Crippen LogP contribution >= 0.6 is 0 Å². The van der Waals surface area contributed by atoms with E-state index in [1.54, 1.807) is 0 Å². The lowest BCUT2D eigenvalue weighted by atomic mass is 10.2. The third kappa shape index (κ3) is 1.95. The van der Waals surface area contributed by atoms with Crippen LogP contribution in [-0.2, 0) is 0 Å². The normalized spacial score (nSPS) is 11.3. The van der Waals surface area contributed by atoms with Crippen LogP contribution in [0.1, 0.15) is 20.8 Å². The van der Waals surface area contributed by atoms with Crippen LogP contribution in [0.4, 0.5) is 13.2 Å². The van der Waals surface area contributed by atoms with E-state index in [-0.39, 0.29) is 5.69 Å². The molecule has 1 heterocycles. The summed E-state index contributed by atoms with van der Waals surface area (Å²) in [4.78, 5) is 22.8. The third-order valence-electron chi connectivity index (χ3n) is 1.35. The van der Waals surface area contributed by atoms with Gasteiger partial charge >= 0.3 is 6.18 Å². The Bertz CT molecular complexity index is 340. The summed E-state index contributed by atoms with van der Waals surface area (Å²) < 4.78 is 35.4. The third-order valence-corrected chi connectivity index (χ3v) is 1.35. The quantitative estimate of drug-likeness (QED) is 0.569.